The molecule has 0 saturated heterocycles. The molecule has 0 aliphatic rings. The Morgan fingerprint density at radius 1 is 1.35 bits per heavy atom. The van der Waals surface area contributed by atoms with E-state index in [1.165, 1.54) is 0 Å². The first-order valence-corrected chi connectivity index (χ1v) is 7.97. The average Bonchev–Trinajstić information content (AvgIpc) is 2.18. The summed E-state index contributed by atoms with van der Waals surface area (Å²) in [5.41, 5.74) is 0.884. The first-order chi connectivity index (χ1) is 7.88. The molecule has 1 aromatic rings. The molecular weight excluding hydrogens is 283 g/mol. The molecule has 0 spiro atoms. The van der Waals surface area contributed by atoms with E-state index in [1.54, 1.807) is 13.0 Å². The zero-order valence-electron chi connectivity index (χ0n) is 9.40. The lowest BCUT2D eigenvalue weighted by Gasteiger charge is -2.10. The summed E-state index contributed by atoms with van der Waals surface area (Å²) >= 11 is 5.95. The predicted octanol–water partition coefficient (Wildman–Crippen LogP) is 3.06. The highest BCUT2D eigenvalue weighted by Crippen LogP contribution is 2.16. The molecule has 0 N–H and O–H groups in total. The summed E-state index contributed by atoms with van der Waals surface area (Å²) in [6.07, 6.45) is 0. The van der Waals surface area contributed by atoms with E-state index < -0.39 is 9.05 Å². The van der Waals surface area contributed by atoms with E-state index in [-0.39, 0.29) is 11.7 Å². The van der Waals surface area contributed by atoms with Gasteiger partial charge in [0.2, 0.25) is 9.05 Å². The van der Waals surface area contributed by atoms with Gasteiger partial charge in [-0.25, -0.2) is 8.42 Å². The van der Waals surface area contributed by atoms with E-state index in [1.807, 2.05) is 18.2 Å². The van der Waals surface area contributed by atoms with Gasteiger partial charge in [0, 0.05) is 15.7 Å². The fourth-order valence-electron chi connectivity index (χ4n) is 1.37. The van der Waals surface area contributed by atoms with Gasteiger partial charge in [0.25, 0.3) is 0 Å². The third kappa shape index (κ3) is 6.27. The topological polar surface area (TPSA) is 43.4 Å². The van der Waals surface area contributed by atoms with E-state index in [0.29, 0.717) is 18.2 Å². The molecule has 0 aliphatic heterocycles. The normalized spacial score (nSPS) is 13.6. The fraction of sp³-hybridized carbons (Fsp3) is 0.455. The molecular formula is C11H14Cl2O3S. The van der Waals surface area contributed by atoms with Crippen LogP contribution in [0.4, 0.5) is 0 Å². The Labute approximate surface area is 111 Å². The zero-order valence-corrected chi connectivity index (χ0v) is 11.7. The Morgan fingerprint density at radius 2 is 2.00 bits per heavy atom. The molecule has 0 aliphatic carbocycles. The van der Waals surface area contributed by atoms with E-state index in [4.69, 9.17) is 27.0 Å². The molecule has 1 atom stereocenters. The predicted molar refractivity (Wildman–Crippen MR) is 69.9 cm³/mol. The lowest BCUT2D eigenvalue weighted by atomic mass is 10.2. The Balaban J connectivity index is 2.36. The van der Waals surface area contributed by atoms with Gasteiger partial charge in [-0.1, -0.05) is 36.7 Å². The molecule has 0 heterocycles. The van der Waals surface area contributed by atoms with Gasteiger partial charge in [-0.2, -0.15) is 0 Å². The van der Waals surface area contributed by atoms with Crippen molar-refractivity contribution >= 4 is 31.3 Å². The van der Waals surface area contributed by atoms with Crippen LogP contribution in [0.25, 0.3) is 0 Å². The SMILES string of the molecule is CC(COCc1ccccc1Cl)CS(=O)(=O)Cl. The second-order valence-corrected chi connectivity index (χ2v) is 7.15. The highest BCUT2D eigenvalue weighted by Gasteiger charge is 2.12. The van der Waals surface area contributed by atoms with Crippen LogP contribution in [0.5, 0.6) is 0 Å². The quantitative estimate of drug-likeness (QED) is 0.758. The maximum absolute atomic E-state index is 10.8. The monoisotopic (exact) mass is 296 g/mol. The van der Waals surface area contributed by atoms with Gasteiger partial charge in [-0.3, -0.25) is 0 Å². The first-order valence-electron chi connectivity index (χ1n) is 5.12. The smallest absolute Gasteiger partial charge is 0.232 e. The van der Waals surface area contributed by atoms with E-state index in [2.05, 4.69) is 0 Å². The zero-order chi connectivity index (χ0) is 12.9. The Kier molecular flexibility index (Phi) is 5.73. The maximum atomic E-state index is 10.8. The third-order valence-corrected chi connectivity index (χ3v) is 3.82. The number of hydrogen-bond donors (Lipinski definition) is 0. The van der Waals surface area contributed by atoms with E-state index >= 15 is 0 Å². The highest BCUT2D eigenvalue weighted by molar-refractivity contribution is 8.13. The molecule has 0 radical (unpaired) electrons. The Morgan fingerprint density at radius 3 is 2.59 bits per heavy atom. The summed E-state index contributed by atoms with van der Waals surface area (Å²) in [5, 5.41) is 0.644. The van der Waals surface area contributed by atoms with Crippen LogP contribution in [-0.4, -0.2) is 20.8 Å². The van der Waals surface area contributed by atoms with E-state index in [9.17, 15) is 8.42 Å². The second kappa shape index (κ2) is 6.59. The van der Waals surface area contributed by atoms with Crippen molar-refractivity contribution in [1.29, 1.82) is 0 Å². The van der Waals surface area contributed by atoms with Crippen molar-refractivity contribution in [2.45, 2.75) is 13.5 Å². The van der Waals surface area contributed by atoms with Crippen LogP contribution in [0, 0.1) is 5.92 Å². The van der Waals surface area contributed by atoms with Crippen molar-refractivity contribution in [3.05, 3.63) is 34.9 Å². The molecule has 0 saturated carbocycles. The van der Waals surface area contributed by atoms with Crippen molar-refractivity contribution in [1.82, 2.24) is 0 Å². The summed E-state index contributed by atoms with van der Waals surface area (Å²) in [5.74, 6) is -0.225. The standard InChI is InChI=1S/C11H14Cl2O3S/c1-9(8-17(13,14)15)6-16-7-10-4-2-3-5-11(10)12/h2-5,9H,6-8H2,1H3. The van der Waals surface area contributed by atoms with Gasteiger partial charge in [0.1, 0.15) is 0 Å². The maximum Gasteiger partial charge on any atom is 0.232 e. The van der Waals surface area contributed by atoms with Gasteiger partial charge >= 0.3 is 0 Å². The van der Waals surface area contributed by atoms with Crippen molar-refractivity contribution in [3.8, 4) is 0 Å². The molecule has 3 nitrogen and oxygen atoms in total. The van der Waals surface area contributed by atoms with Crippen LogP contribution in [-0.2, 0) is 20.4 Å². The molecule has 0 fully saturated rings. The van der Waals surface area contributed by atoms with Crippen molar-refractivity contribution in [3.63, 3.8) is 0 Å². The average molecular weight is 297 g/mol. The highest BCUT2D eigenvalue weighted by atomic mass is 35.7. The van der Waals surface area contributed by atoms with Gasteiger partial charge in [-0.05, 0) is 17.5 Å². The Bertz CT molecular complexity index is 460. The first kappa shape index (κ1) is 14.8. The van der Waals surface area contributed by atoms with Gasteiger partial charge in [-0.15, -0.1) is 0 Å². The summed E-state index contributed by atoms with van der Waals surface area (Å²) in [4.78, 5) is 0. The summed E-state index contributed by atoms with van der Waals surface area (Å²) in [6, 6.07) is 7.37. The minimum atomic E-state index is -3.46. The Hall–Kier alpha value is -0.290. The van der Waals surface area contributed by atoms with Gasteiger partial charge in [0.05, 0.1) is 19.0 Å². The van der Waals surface area contributed by atoms with Gasteiger partial charge < -0.3 is 4.74 Å². The van der Waals surface area contributed by atoms with Crippen LogP contribution < -0.4 is 0 Å². The summed E-state index contributed by atoms with van der Waals surface area (Å²) in [6.45, 7) is 2.47. The molecule has 96 valence electrons. The second-order valence-electron chi connectivity index (χ2n) is 3.92. The molecule has 1 unspecified atom stereocenters. The van der Waals surface area contributed by atoms with E-state index in [0.717, 1.165) is 5.56 Å². The van der Waals surface area contributed by atoms with Crippen molar-refractivity contribution in [2.75, 3.05) is 12.4 Å². The molecule has 1 aromatic carbocycles. The molecule has 1 rings (SSSR count). The minimum absolute atomic E-state index is 0.0862. The lowest BCUT2D eigenvalue weighted by Crippen LogP contribution is -2.14. The van der Waals surface area contributed by atoms with Crippen LogP contribution in [0.3, 0.4) is 0 Å². The summed E-state index contributed by atoms with van der Waals surface area (Å²) < 4.78 is 27.0. The largest absolute Gasteiger partial charge is 0.376 e. The number of rotatable bonds is 6. The third-order valence-electron chi connectivity index (χ3n) is 2.10. The molecule has 0 bridgehead atoms. The molecule has 0 amide bonds. The summed E-state index contributed by atoms with van der Waals surface area (Å²) in [7, 11) is 1.68. The molecule has 6 heteroatoms. The van der Waals surface area contributed by atoms with Crippen LogP contribution >= 0.6 is 22.3 Å². The van der Waals surface area contributed by atoms with Crippen molar-refractivity contribution in [2.24, 2.45) is 5.92 Å². The van der Waals surface area contributed by atoms with Crippen LogP contribution in [0.1, 0.15) is 12.5 Å². The minimum Gasteiger partial charge on any atom is -0.376 e. The number of ether oxygens (including phenoxy) is 1. The molecule has 17 heavy (non-hydrogen) atoms. The number of halogens is 2. The van der Waals surface area contributed by atoms with Crippen molar-refractivity contribution < 1.29 is 13.2 Å². The van der Waals surface area contributed by atoms with Crippen LogP contribution in [0.2, 0.25) is 5.02 Å². The number of hydrogen-bond acceptors (Lipinski definition) is 3. The number of benzene rings is 1. The van der Waals surface area contributed by atoms with Gasteiger partial charge in [0.15, 0.2) is 0 Å². The molecule has 0 aromatic heterocycles. The lowest BCUT2D eigenvalue weighted by molar-refractivity contribution is 0.0979. The van der Waals surface area contributed by atoms with Crippen LogP contribution in [0.15, 0.2) is 24.3 Å². The fourth-order valence-corrected chi connectivity index (χ4v) is 2.98.